The number of ether oxygens (including phenoxy) is 1. The van der Waals surface area contributed by atoms with Crippen LogP contribution in [0.4, 0.5) is 0 Å². The van der Waals surface area contributed by atoms with E-state index in [1.54, 1.807) is 25.1 Å². The average Bonchev–Trinajstić information content (AvgIpc) is 2.74. The molecule has 1 N–H and O–H groups in total. The summed E-state index contributed by atoms with van der Waals surface area (Å²) in [5, 5.41) is 13.8. The number of rotatable bonds is 9. The summed E-state index contributed by atoms with van der Waals surface area (Å²) in [7, 11) is 0.125. The van der Waals surface area contributed by atoms with Gasteiger partial charge in [-0.3, -0.25) is 4.99 Å². The van der Waals surface area contributed by atoms with Crippen LogP contribution in [-0.2, 0) is 14.6 Å². The van der Waals surface area contributed by atoms with Gasteiger partial charge in [0.2, 0.25) is 0 Å². The molecule has 1 unspecified atom stereocenters. The summed E-state index contributed by atoms with van der Waals surface area (Å²) in [4.78, 5) is 6.30. The standard InChI is InChI=1S/C18H28N4O3S/c1-6-26(23,24)11-9-22(4)17-13-18(3,14-19)15(2)12-16(21-17)20-8-7-10-25-5/h6,12-13H,1,7-11H2,2-5H3,(H,20,21). The Balaban J connectivity index is 3.06. The predicted molar refractivity (Wildman–Crippen MR) is 104 cm³/mol. The van der Waals surface area contributed by atoms with Crippen LogP contribution in [0.15, 0.2) is 40.5 Å². The summed E-state index contributed by atoms with van der Waals surface area (Å²) < 4.78 is 28.4. The predicted octanol–water partition coefficient (Wildman–Crippen LogP) is 1.83. The van der Waals surface area contributed by atoms with Crippen molar-refractivity contribution in [3.05, 3.63) is 35.5 Å². The molecule has 7 nitrogen and oxygen atoms in total. The maximum absolute atomic E-state index is 11.7. The zero-order valence-electron chi connectivity index (χ0n) is 15.9. The molecule has 1 aliphatic heterocycles. The van der Waals surface area contributed by atoms with Crippen LogP contribution in [0.25, 0.3) is 0 Å². The summed E-state index contributed by atoms with van der Waals surface area (Å²) >= 11 is 0. The van der Waals surface area contributed by atoms with Crippen LogP contribution in [0.3, 0.4) is 0 Å². The van der Waals surface area contributed by atoms with Crippen molar-refractivity contribution in [3.8, 4) is 6.07 Å². The third kappa shape index (κ3) is 6.32. The molecule has 1 atom stereocenters. The lowest BCUT2D eigenvalue weighted by atomic mass is 9.84. The van der Waals surface area contributed by atoms with Crippen molar-refractivity contribution in [1.29, 1.82) is 5.26 Å². The van der Waals surface area contributed by atoms with E-state index in [2.05, 4.69) is 23.0 Å². The van der Waals surface area contributed by atoms with Gasteiger partial charge in [-0.1, -0.05) is 6.58 Å². The Labute approximate surface area is 156 Å². The Hall–Kier alpha value is -2.11. The first-order valence-corrected chi connectivity index (χ1v) is 10.1. The van der Waals surface area contributed by atoms with E-state index in [-0.39, 0.29) is 12.3 Å². The number of hydrogen-bond acceptors (Lipinski definition) is 6. The molecule has 144 valence electrons. The molecule has 8 heteroatoms. The number of hydrogen-bond donors (Lipinski definition) is 1. The Bertz CT molecular complexity index is 747. The molecule has 0 fully saturated rings. The van der Waals surface area contributed by atoms with Crippen LogP contribution in [0.5, 0.6) is 0 Å². The summed E-state index contributed by atoms with van der Waals surface area (Å²) in [6.45, 7) is 8.52. The number of methoxy groups -OCH3 is 1. The van der Waals surface area contributed by atoms with Crippen molar-refractivity contribution in [2.45, 2.75) is 20.3 Å². The zero-order valence-corrected chi connectivity index (χ0v) is 16.8. The fraction of sp³-hybridized carbons (Fsp3) is 0.556. The molecule has 0 saturated carbocycles. The number of allylic oxidation sites excluding steroid dienone is 2. The summed E-state index contributed by atoms with van der Waals surface area (Å²) in [6.07, 6.45) is 4.45. The minimum absolute atomic E-state index is 0.0536. The van der Waals surface area contributed by atoms with Gasteiger partial charge in [0.25, 0.3) is 0 Å². The number of sulfone groups is 1. The summed E-state index contributed by atoms with van der Waals surface area (Å²) in [6, 6.07) is 2.31. The maximum Gasteiger partial charge on any atom is 0.172 e. The second-order valence-electron chi connectivity index (χ2n) is 6.36. The first-order chi connectivity index (χ1) is 12.2. The number of amidine groups is 1. The fourth-order valence-electron chi connectivity index (χ4n) is 2.23. The third-order valence-corrected chi connectivity index (χ3v) is 5.51. The van der Waals surface area contributed by atoms with Gasteiger partial charge in [-0.25, -0.2) is 8.42 Å². The van der Waals surface area contributed by atoms with E-state index >= 15 is 0 Å². The molecule has 1 heterocycles. The summed E-state index contributed by atoms with van der Waals surface area (Å²) in [5.74, 6) is 1.23. The summed E-state index contributed by atoms with van der Waals surface area (Å²) in [5.41, 5.74) is 0.0534. The van der Waals surface area contributed by atoms with E-state index in [9.17, 15) is 13.7 Å². The lowest BCUT2D eigenvalue weighted by Gasteiger charge is -2.25. The lowest BCUT2D eigenvalue weighted by Crippen LogP contribution is -2.35. The van der Waals surface area contributed by atoms with E-state index in [1.807, 2.05) is 19.9 Å². The molecule has 1 rings (SSSR count). The number of aliphatic imine (C=N–C) groups is 1. The Kier molecular flexibility index (Phi) is 8.06. The Morgan fingerprint density at radius 1 is 1.54 bits per heavy atom. The highest BCUT2D eigenvalue weighted by molar-refractivity contribution is 7.94. The van der Waals surface area contributed by atoms with Crippen molar-refractivity contribution < 1.29 is 13.2 Å². The molecular weight excluding hydrogens is 352 g/mol. The number of nitrogens with one attached hydrogen (secondary N) is 1. The van der Waals surface area contributed by atoms with Gasteiger partial charge in [0, 0.05) is 39.3 Å². The monoisotopic (exact) mass is 380 g/mol. The molecule has 0 aromatic carbocycles. The van der Waals surface area contributed by atoms with Gasteiger partial charge in [0.1, 0.15) is 11.7 Å². The third-order valence-electron chi connectivity index (χ3n) is 4.25. The van der Waals surface area contributed by atoms with E-state index in [1.165, 1.54) is 0 Å². The first-order valence-electron chi connectivity index (χ1n) is 8.37. The van der Waals surface area contributed by atoms with Crippen molar-refractivity contribution in [3.63, 3.8) is 0 Å². The zero-order chi connectivity index (χ0) is 19.8. The van der Waals surface area contributed by atoms with Crippen LogP contribution in [0, 0.1) is 16.7 Å². The molecule has 0 radical (unpaired) electrons. The SMILES string of the molecule is C=CS(=O)(=O)CCN(C)C1=CC(C)(C#N)C(C)=CC(=NCCCOC)N1. The van der Waals surface area contributed by atoms with Crippen LogP contribution in [-0.4, -0.2) is 58.8 Å². The normalized spacial score (nSPS) is 21.9. The number of nitriles is 1. The van der Waals surface area contributed by atoms with Crippen molar-refractivity contribution >= 4 is 15.7 Å². The largest absolute Gasteiger partial charge is 0.385 e. The van der Waals surface area contributed by atoms with Crippen molar-refractivity contribution in [2.24, 2.45) is 10.4 Å². The average molecular weight is 381 g/mol. The topological polar surface area (TPSA) is 94.8 Å². The smallest absolute Gasteiger partial charge is 0.172 e. The van der Waals surface area contributed by atoms with Gasteiger partial charge >= 0.3 is 0 Å². The van der Waals surface area contributed by atoms with Gasteiger partial charge < -0.3 is 15.0 Å². The molecule has 0 aromatic rings. The highest BCUT2D eigenvalue weighted by Gasteiger charge is 2.28. The highest BCUT2D eigenvalue weighted by Crippen LogP contribution is 2.30. The van der Waals surface area contributed by atoms with Gasteiger partial charge in [-0.2, -0.15) is 5.26 Å². The van der Waals surface area contributed by atoms with Crippen molar-refractivity contribution in [1.82, 2.24) is 10.2 Å². The van der Waals surface area contributed by atoms with Crippen LogP contribution < -0.4 is 5.32 Å². The van der Waals surface area contributed by atoms with Gasteiger partial charge in [0.05, 0.1) is 17.2 Å². The molecule has 0 spiro atoms. The first kappa shape index (κ1) is 21.9. The fourth-order valence-corrected chi connectivity index (χ4v) is 2.93. The van der Waals surface area contributed by atoms with Crippen molar-refractivity contribution in [2.75, 3.05) is 39.6 Å². The number of nitrogens with zero attached hydrogens (tertiary/aromatic N) is 3. The Morgan fingerprint density at radius 3 is 2.81 bits per heavy atom. The molecule has 0 saturated heterocycles. The quantitative estimate of drug-likeness (QED) is 0.613. The van der Waals surface area contributed by atoms with E-state index < -0.39 is 15.3 Å². The molecule has 0 amide bonds. The van der Waals surface area contributed by atoms with E-state index in [0.717, 1.165) is 17.4 Å². The van der Waals surface area contributed by atoms with Crippen LogP contribution >= 0.6 is 0 Å². The highest BCUT2D eigenvalue weighted by atomic mass is 32.2. The van der Waals surface area contributed by atoms with Gasteiger partial charge in [-0.15, -0.1) is 0 Å². The molecule has 0 aliphatic carbocycles. The molecule has 0 bridgehead atoms. The molecular formula is C18H28N4O3S. The molecule has 0 aromatic heterocycles. The van der Waals surface area contributed by atoms with E-state index in [0.29, 0.717) is 24.8 Å². The Morgan fingerprint density at radius 2 is 2.23 bits per heavy atom. The maximum atomic E-state index is 11.7. The molecule has 1 aliphatic rings. The lowest BCUT2D eigenvalue weighted by molar-refractivity contribution is 0.197. The van der Waals surface area contributed by atoms with Gasteiger partial charge in [0.15, 0.2) is 9.84 Å². The van der Waals surface area contributed by atoms with Crippen LogP contribution in [0.2, 0.25) is 0 Å². The second kappa shape index (κ2) is 9.55. The van der Waals surface area contributed by atoms with Crippen LogP contribution in [0.1, 0.15) is 20.3 Å². The minimum atomic E-state index is -3.30. The molecule has 26 heavy (non-hydrogen) atoms. The van der Waals surface area contributed by atoms with E-state index in [4.69, 9.17) is 4.74 Å². The minimum Gasteiger partial charge on any atom is -0.385 e. The second-order valence-corrected chi connectivity index (χ2v) is 8.43. The van der Waals surface area contributed by atoms with Gasteiger partial charge in [-0.05, 0) is 38.0 Å².